The summed E-state index contributed by atoms with van der Waals surface area (Å²) in [6.07, 6.45) is -5.27. The standard InChI is InChI=1S/C23H21BrF4N6O4/c24-17-11-16(5-6-18(17)25)30-21(32-37-22(35)23(26,27)28)19-20(33-38-31-19)29-12-14-1-3-15(4-2-14)13-34-7-9-36-10-8-34/h1-6,11H,7-10,12-13H2,(H,29,33)(H,30,32). The third kappa shape index (κ3) is 7.49. The number of aromatic nitrogens is 2. The van der Waals surface area contributed by atoms with Gasteiger partial charge in [0.2, 0.25) is 11.7 Å². The number of nitrogens with zero attached hydrogens (tertiary/aromatic N) is 4. The minimum Gasteiger partial charge on any atom is -0.379 e. The Bertz CT molecular complexity index is 1280. The summed E-state index contributed by atoms with van der Waals surface area (Å²) in [4.78, 5) is 17.5. The minimum atomic E-state index is -5.27. The van der Waals surface area contributed by atoms with Crippen LogP contribution in [0.3, 0.4) is 0 Å². The maximum absolute atomic E-state index is 13.6. The molecule has 0 spiro atoms. The lowest BCUT2D eigenvalue weighted by Gasteiger charge is -2.26. The van der Waals surface area contributed by atoms with Crippen LogP contribution in [0, 0.1) is 5.82 Å². The SMILES string of the molecule is O=C(ON=C(Nc1ccc(F)c(Br)c1)c1nonc1NCc1ccc(CN2CCOCC2)cc1)C(F)(F)F. The van der Waals surface area contributed by atoms with Crippen molar-refractivity contribution in [1.29, 1.82) is 0 Å². The predicted octanol–water partition coefficient (Wildman–Crippen LogP) is 4.29. The molecule has 1 saturated heterocycles. The zero-order chi connectivity index (χ0) is 27.1. The Hall–Kier alpha value is -3.56. The molecule has 10 nitrogen and oxygen atoms in total. The van der Waals surface area contributed by atoms with Crippen LogP contribution in [0.15, 0.2) is 56.7 Å². The lowest BCUT2D eigenvalue weighted by Crippen LogP contribution is -2.35. The number of nitrogens with one attached hydrogen (secondary N) is 2. The average molecular weight is 601 g/mol. The van der Waals surface area contributed by atoms with Crippen molar-refractivity contribution >= 4 is 39.2 Å². The van der Waals surface area contributed by atoms with Crippen molar-refractivity contribution < 1.29 is 36.6 Å². The smallest absolute Gasteiger partial charge is 0.379 e. The molecule has 2 N–H and O–H groups in total. The molecular weight excluding hydrogens is 580 g/mol. The van der Waals surface area contributed by atoms with Gasteiger partial charge in [0.25, 0.3) is 0 Å². The number of oxime groups is 1. The maximum atomic E-state index is 13.6. The molecule has 2 aromatic carbocycles. The molecule has 0 atom stereocenters. The summed E-state index contributed by atoms with van der Waals surface area (Å²) >= 11 is 3.01. The fraction of sp³-hybridized carbons (Fsp3) is 0.304. The third-order valence-electron chi connectivity index (χ3n) is 5.34. The van der Waals surface area contributed by atoms with E-state index in [1.165, 1.54) is 12.1 Å². The number of carbonyl (C=O) groups excluding carboxylic acids is 1. The Labute approximate surface area is 222 Å². The van der Waals surface area contributed by atoms with E-state index in [9.17, 15) is 22.4 Å². The van der Waals surface area contributed by atoms with E-state index in [4.69, 9.17) is 9.37 Å². The van der Waals surface area contributed by atoms with Crippen LogP contribution >= 0.6 is 15.9 Å². The van der Waals surface area contributed by atoms with Crippen LogP contribution in [0.25, 0.3) is 0 Å². The van der Waals surface area contributed by atoms with Crippen molar-refractivity contribution in [3.8, 4) is 0 Å². The van der Waals surface area contributed by atoms with Crippen LogP contribution in [0.5, 0.6) is 0 Å². The summed E-state index contributed by atoms with van der Waals surface area (Å²) in [6, 6.07) is 11.5. The Morgan fingerprint density at radius 1 is 1.11 bits per heavy atom. The van der Waals surface area contributed by atoms with Gasteiger partial charge in [-0.1, -0.05) is 29.4 Å². The summed E-state index contributed by atoms with van der Waals surface area (Å²) in [5.41, 5.74) is 2.03. The number of halogens is 5. The monoisotopic (exact) mass is 600 g/mol. The molecule has 38 heavy (non-hydrogen) atoms. The Kier molecular flexibility index (Phi) is 8.91. The van der Waals surface area contributed by atoms with Crippen LogP contribution in [0.4, 0.5) is 29.1 Å². The number of alkyl halides is 3. The summed E-state index contributed by atoms with van der Waals surface area (Å²) in [5.74, 6) is -3.54. The van der Waals surface area contributed by atoms with Gasteiger partial charge in [0.05, 0.1) is 17.7 Å². The van der Waals surface area contributed by atoms with Gasteiger partial charge in [-0.15, -0.1) is 0 Å². The average Bonchev–Trinajstić information content (AvgIpc) is 3.36. The molecule has 1 fully saturated rings. The number of amidine groups is 1. The van der Waals surface area contributed by atoms with E-state index in [0.717, 1.165) is 36.8 Å². The molecule has 3 aromatic rings. The molecule has 202 valence electrons. The van der Waals surface area contributed by atoms with Crippen molar-refractivity contribution in [1.82, 2.24) is 15.2 Å². The summed E-state index contributed by atoms with van der Waals surface area (Å²) < 4.78 is 61.7. The number of hydrogen-bond acceptors (Lipinski definition) is 9. The largest absolute Gasteiger partial charge is 0.493 e. The number of anilines is 2. The molecule has 1 aliphatic heterocycles. The fourth-order valence-corrected chi connectivity index (χ4v) is 3.78. The van der Waals surface area contributed by atoms with E-state index in [-0.39, 0.29) is 28.2 Å². The van der Waals surface area contributed by atoms with Crippen molar-refractivity contribution in [3.63, 3.8) is 0 Å². The number of ether oxygens (including phenoxy) is 1. The molecule has 15 heteroatoms. The predicted molar refractivity (Wildman–Crippen MR) is 131 cm³/mol. The quantitative estimate of drug-likeness (QED) is 0.128. The van der Waals surface area contributed by atoms with Gasteiger partial charge in [0.1, 0.15) is 5.82 Å². The molecule has 0 bridgehead atoms. The van der Waals surface area contributed by atoms with Gasteiger partial charge in [-0.05, 0) is 55.6 Å². The topological polar surface area (TPSA) is 114 Å². The molecule has 1 aromatic heterocycles. The second-order valence-electron chi connectivity index (χ2n) is 8.09. The lowest BCUT2D eigenvalue weighted by atomic mass is 10.1. The van der Waals surface area contributed by atoms with Crippen LogP contribution in [0.1, 0.15) is 16.8 Å². The van der Waals surface area contributed by atoms with Gasteiger partial charge >= 0.3 is 12.1 Å². The number of hydrogen-bond donors (Lipinski definition) is 2. The molecule has 2 heterocycles. The molecule has 0 amide bonds. The van der Waals surface area contributed by atoms with Crippen molar-refractivity contribution in [2.24, 2.45) is 5.16 Å². The first-order chi connectivity index (χ1) is 18.2. The maximum Gasteiger partial charge on any atom is 0.493 e. The molecular formula is C23H21BrF4N6O4. The molecule has 0 unspecified atom stereocenters. The molecule has 1 aliphatic rings. The van der Waals surface area contributed by atoms with Gasteiger partial charge < -0.3 is 20.2 Å². The zero-order valence-corrected chi connectivity index (χ0v) is 21.2. The zero-order valence-electron chi connectivity index (χ0n) is 19.6. The lowest BCUT2D eigenvalue weighted by molar-refractivity contribution is -0.199. The second-order valence-corrected chi connectivity index (χ2v) is 8.94. The molecule has 0 radical (unpaired) electrons. The Morgan fingerprint density at radius 3 is 2.50 bits per heavy atom. The summed E-state index contributed by atoms with van der Waals surface area (Å²) in [5, 5.41) is 16.3. The molecule has 0 saturated carbocycles. The van der Waals surface area contributed by atoms with E-state index < -0.39 is 23.8 Å². The first-order valence-electron chi connectivity index (χ1n) is 11.2. The fourth-order valence-electron chi connectivity index (χ4n) is 3.40. The normalized spacial score (nSPS) is 14.8. The van der Waals surface area contributed by atoms with Gasteiger partial charge in [-0.3, -0.25) is 4.90 Å². The number of morpholine rings is 1. The Balaban J connectivity index is 1.47. The molecule has 4 rings (SSSR count). The highest BCUT2D eigenvalue weighted by Gasteiger charge is 2.42. The first-order valence-corrected chi connectivity index (χ1v) is 12.0. The first kappa shape index (κ1) is 27.5. The highest BCUT2D eigenvalue weighted by atomic mass is 79.9. The van der Waals surface area contributed by atoms with E-state index in [1.807, 2.05) is 24.3 Å². The van der Waals surface area contributed by atoms with Gasteiger partial charge in [0, 0.05) is 31.9 Å². The van der Waals surface area contributed by atoms with Crippen LogP contribution in [-0.2, 0) is 27.5 Å². The molecule has 0 aliphatic carbocycles. The highest BCUT2D eigenvalue weighted by molar-refractivity contribution is 9.10. The van der Waals surface area contributed by atoms with Gasteiger partial charge in [0.15, 0.2) is 5.69 Å². The Morgan fingerprint density at radius 2 is 1.82 bits per heavy atom. The summed E-state index contributed by atoms with van der Waals surface area (Å²) in [6.45, 7) is 4.23. The number of carbonyl (C=O) groups is 1. The van der Waals surface area contributed by atoms with Crippen molar-refractivity contribution in [2.45, 2.75) is 19.3 Å². The van der Waals surface area contributed by atoms with Crippen LogP contribution in [0.2, 0.25) is 0 Å². The highest BCUT2D eigenvalue weighted by Crippen LogP contribution is 2.23. The van der Waals surface area contributed by atoms with E-state index in [2.05, 4.69) is 51.8 Å². The minimum absolute atomic E-state index is 0.0119. The third-order valence-corrected chi connectivity index (χ3v) is 5.95. The van der Waals surface area contributed by atoms with Crippen molar-refractivity contribution in [3.05, 3.63) is 69.6 Å². The van der Waals surface area contributed by atoms with Crippen LogP contribution < -0.4 is 10.6 Å². The number of benzene rings is 2. The van der Waals surface area contributed by atoms with Gasteiger partial charge in [-0.25, -0.2) is 13.8 Å². The van der Waals surface area contributed by atoms with E-state index in [0.29, 0.717) is 13.2 Å². The van der Waals surface area contributed by atoms with Crippen molar-refractivity contribution in [2.75, 3.05) is 36.9 Å². The summed E-state index contributed by atoms with van der Waals surface area (Å²) in [7, 11) is 0. The number of rotatable bonds is 8. The van der Waals surface area contributed by atoms with Gasteiger partial charge in [-0.2, -0.15) is 13.2 Å². The van der Waals surface area contributed by atoms with Crippen LogP contribution in [-0.4, -0.2) is 59.5 Å². The van der Waals surface area contributed by atoms with E-state index in [1.54, 1.807) is 0 Å². The second kappa shape index (κ2) is 12.3. The van der Waals surface area contributed by atoms with E-state index >= 15 is 0 Å².